The Morgan fingerprint density at radius 1 is 0.345 bits per heavy atom. The first-order valence-corrected chi connectivity index (χ1v) is 21.5. The van der Waals surface area contributed by atoms with Crippen LogP contribution in [0.15, 0.2) is 212 Å². The van der Waals surface area contributed by atoms with E-state index in [2.05, 4.69) is 217 Å². The lowest BCUT2D eigenvalue weighted by Gasteiger charge is -2.35. The van der Waals surface area contributed by atoms with Gasteiger partial charge in [0.25, 0.3) is 0 Å². The zero-order valence-electron chi connectivity index (χ0n) is 31.5. The summed E-state index contributed by atoms with van der Waals surface area (Å²) in [5, 5.41) is 5.39. The minimum absolute atomic E-state index is 0.484. The second kappa shape index (κ2) is 13.1. The van der Waals surface area contributed by atoms with Crippen molar-refractivity contribution >= 4 is 80.1 Å². The average molecular weight is 774 g/mol. The standard InChI is InChI=1S/C55H35NS2/c1-4-17-37(18-5-1)55(38-19-6-2-7-20-38)47-27-12-10-24-43(47)44-31-30-41(35-48(44)55)56(39-21-8-3-9-22-39)40-23-14-16-36(34-40)42-26-15-29-50-52(42)53-51(57-50)33-32-46-45-25-11-13-28-49(45)58-54(46)53/h1-35H. The number of para-hydroxylation sites is 1. The fourth-order valence-corrected chi connectivity index (χ4v) is 12.2. The summed E-state index contributed by atoms with van der Waals surface area (Å²) in [6, 6.07) is 78.5. The molecule has 1 nitrogen and oxygen atoms in total. The lowest BCUT2D eigenvalue weighted by molar-refractivity contribution is 0.768. The summed E-state index contributed by atoms with van der Waals surface area (Å²) in [4.78, 5) is 2.43. The van der Waals surface area contributed by atoms with Gasteiger partial charge in [0, 0.05) is 57.4 Å². The molecule has 0 saturated carbocycles. The number of nitrogens with zero attached hydrogens (tertiary/aromatic N) is 1. The van der Waals surface area contributed by atoms with Crippen LogP contribution in [0.5, 0.6) is 0 Å². The predicted octanol–water partition coefficient (Wildman–Crippen LogP) is 15.9. The van der Waals surface area contributed by atoms with Gasteiger partial charge < -0.3 is 4.90 Å². The van der Waals surface area contributed by atoms with E-state index < -0.39 is 5.41 Å². The highest BCUT2D eigenvalue weighted by Crippen LogP contribution is 2.57. The van der Waals surface area contributed by atoms with Gasteiger partial charge in [-0.3, -0.25) is 0 Å². The second-order valence-corrected chi connectivity index (χ2v) is 17.3. The third-order valence-electron chi connectivity index (χ3n) is 12.1. The SMILES string of the molecule is c1ccc(N(c2cccc(-c3cccc4sc5ccc6c7ccccc7sc6c5c34)c2)c2ccc3c(c2)C(c2ccccc2)(c2ccccc2)c2ccccc2-3)cc1. The van der Waals surface area contributed by atoms with Crippen LogP contribution in [-0.4, -0.2) is 0 Å². The van der Waals surface area contributed by atoms with Crippen molar-refractivity contribution in [1.29, 1.82) is 0 Å². The third kappa shape index (κ3) is 4.87. The van der Waals surface area contributed by atoms with Gasteiger partial charge in [0.1, 0.15) is 0 Å². The third-order valence-corrected chi connectivity index (χ3v) is 14.5. The molecule has 0 bridgehead atoms. The second-order valence-electron chi connectivity index (χ2n) is 15.2. The van der Waals surface area contributed by atoms with Crippen molar-refractivity contribution < 1.29 is 0 Å². The molecule has 0 amide bonds. The molecule has 2 heterocycles. The van der Waals surface area contributed by atoms with E-state index in [4.69, 9.17) is 0 Å². The smallest absolute Gasteiger partial charge is 0.0714 e. The van der Waals surface area contributed by atoms with Crippen molar-refractivity contribution in [2.75, 3.05) is 4.90 Å². The zero-order chi connectivity index (χ0) is 38.2. The van der Waals surface area contributed by atoms with Crippen molar-refractivity contribution in [3.63, 3.8) is 0 Å². The molecule has 9 aromatic carbocycles. The van der Waals surface area contributed by atoms with Gasteiger partial charge in [-0.15, -0.1) is 22.7 Å². The molecule has 272 valence electrons. The Morgan fingerprint density at radius 2 is 0.948 bits per heavy atom. The molecule has 0 fully saturated rings. The van der Waals surface area contributed by atoms with E-state index in [9.17, 15) is 0 Å². The molecule has 12 rings (SSSR count). The fourth-order valence-electron chi connectivity index (χ4n) is 9.73. The molecule has 2 aromatic heterocycles. The Hall–Kier alpha value is -6.78. The molecule has 11 aromatic rings. The molecule has 0 unspecified atom stereocenters. The Morgan fingerprint density at radius 3 is 1.76 bits per heavy atom. The lowest BCUT2D eigenvalue weighted by atomic mass is 9.67. The molecule has 0 saturated heterocycles. The summed E-state index contributed by atoms with van der Waals surface area (Å²) in [5.74, 6) is 0. The molecule has 0 aliphatic heterocycles. The van der Waals surface area contributed by atoms with E-state index in [0.717, 1.165) is 17.1 Å². The van der Waals surface area contributed by atoms with Gasteiger partial charge in [0.15, 0.2) is 0 Å². The van der Waals surface area contributed by atoms with E-state index in [1.807, 2.05) is 22.7 Å². The summed E-state index contributed by atoms with van der Waals surface area (Å²) in [7, 11) is 0. The minimum Gasteiger partial charge on any atom is -0.310 e. The van der Waals surface area contributed by atoms with Crippen molar-refractivity contribution in [1.82, 2.24) is 0 Å². The van der Waals surface area contributed by atoms with Gasteiger partial charge in [-0.05, 0) is 99.1 Å². The van der Waals surface area contributed by atoms with Gasteiger partial charge >= 0.3 is 0 Å². The Kier molecular flexibility index (Phi) is 7.56. The van der Waals surface area contributed by atoms with Crippen LogP contribution in [0.25, 0.3) is 62.6 Å². The number of hydrogen-bond acceptors (Lipinski definition) is 3. The molecule has 3 heteroatoms. The first kappa shape index (κ1) is 33.4. The van der Waals surface area contributed by atoms with Crippen molar-refractivity contribution in [3.8, 4) is 22.3 Å². The van der Waals surface area contributed by atoms with Gasteiger partial charge in [-0.25, -0.2) is 0 Å². The summed E-state index contributed by atoms with van der Waals surface area (Å²) in [6.45, 7) is 0. The van der Waals surface area contributed by atoms with Crippen LogP contribution in [0, 0.1) is 0 Å². The first-order valence-electron chi connectivity index (χ1n) is 19.8. The van der Waals surface area contributed by atoms with Crippen LogP contribution in [0.1, 0.15) is 22.3 Å². The molecule has 58 heavy (non-hydrogen) atoms. The number of rotatable bonds is 6. The van der Waals surface area contributed by atoms with Gasteiger partial charge in [0.05, 0.1) is 5.41 Å². The quantitative estimate of drug-likeness (QED) is 0.163. The van der Waals surface area contributed by atoms with Crippen molar-refractivity contribution in [3.05, 3.63) is 235 Å². The molecule has 1 aliphatic carbocycles. The molecule has 0 atom stereocenters. The molecular formula is C55H35NS2. The Labute approximate surface area is 345 Å². The summed E-state index contributed by atoms with van der Waals surface area (Å²) in [5.41, 5.74) is 13.0. The summed E-state index contributed by atoms with van der Waals surface area (Å²) >= 11 is 3.82. The fraction of sp³-hybridized carbons (Fsp3) is 0.0182. The van der Waals surface area contributed by atoms with E-state index >= 15 is 0 Å². The highest BCUT2D eigenvalue weighted by atomic mass is 32.1. The maximum absolute atomic E-state index is 2.46. The zero-order valence-corrected chi connectivity index (χ0v) is 33.1. The number of anilines is 3. The monoisotopic (exact) mass is 773 g/mol. The molecular weight excluding hydrogens is 739 g/mol. The minimum atomic E-state index is -0.484. The molecule has 0 N–H and O–H groups in total. The van der Waals surface area contributed by atoms with E-state index in [0.29, 0.717) is 0 Å². The van der Waals surface area contributed by atoms with Crippen molar-refractivity contribution in [2.24, 2.45) is 0 Å². The molecule has 1 aliphatic rings. The maximum Gasteiger partial charge on any atom is 0.0714 e. The predicted molar refractivity (Wildman–Crippen MR) is 250 cm³/mol. The highest BCUT2D eigenvalue weighted by molar-refractivity contribution is 7.29. The largest absolute Gasteiger partial charge is 0.310 e. The highest BCUT2D eigenvalue weighted by Gasteiger charge is 2.46. The maximum atomic E-state index is 2.46. The van der Waals surface area contributed by atoms with Crippen molar-refractivity contribution in [2.45, 2.75) is 5.41 Å². The summed E-state index contributed by atoms with van der Waals surface area (Å²) in [6.07, 6.45) is 0. The van der Waals surface area contributed by atoms with Crippen LogP contribution < -0.4 is 4.90 Å². The number of benzene rings is 9. The van der Waals surface area contributed by atoms with E-state index in [1.54, 1.807) is 0 Å². The number of hydrogen-bond donors (Lipinski definition) is 0. The Bertz CT molecular complexity index is 3300. The van der Waals surface area contributed by atoms with Gasteiger partial charge in [-0.2, -0.15) is 0 Å². The number of fused-ring (bicyclic) bond motifs is 10. The number of thiophene rings is 2. The summed E-state index contributed by atoms with van der Waals surface area (Å²) < 4.78 is 5.37. The van der Waals surface area contributed by atoms with E-state index in [-0.39, 0.29) is 0 Å². The van der Waals surface area contributed by atoms with Gasteiger partial charge in [-0.1, -0.05) is 158 Å². The average Bonchev–Trinajstić information content (AvgIpc) is 3.96. The first-order chi connectivity index (χ1) is 28.8. The topological polar surface area (TPSA) is 3.24 Å². The van der Waals surface area contributed by atoms with Crippen LogP contribution in [-0.2, 0) is 5.41 Å². The molecule has 0 spiro atoms. The van der Waals surface area contributed by atoms with Crippen LogP contribution in [0.3, 0.4) is 0 Å². The normalized spacial score (nSPS) is 13.0. The Balaban J connectivity index is 1.08. The van der Waals surface area contributed by atoms with Crippen LogP contribution >= 0.6 is 22.7 Å². The van der Waals surface area contributed by atoms with Gasteiger partial charge in [0.2, 0.25) is 0 Å². The van der Waals surface area contributed by atoms with Crippen LogP contribution in [0.4, 0.5) is 17.1 Å². The lowest BCUT2D eigenvalue weighted by Crippen LogP contribution is -2.28. The van der Waals surface area contributed by atoms with Crippen LogP contribution in [0.2, 0.25) is 0 Å². The van der Waals surface area contributed by atoms with E-state index in [1.165, 1.54) is 84.9 Å². The molecule has 0 radical (unpaired) electrons.